The molecule has 0 atom stereocenters. The van der Waals surface area contributed by atoms with E-state index in [9.17, 15) is 14.7 Å². The smallest absolute Gasteiger partial charge is 0.220 e. The van der Waals surface area contributed by atoms with E-state index in [0.717, 1.165) is 5.69 Å². The van der Waals surface area contributed by atoms with E-state index in [1.54, 1.807) is 18.3 Å². The molecule has 0 saturated carbocycles. The predicted octanol–water partition coefficient (Wildman–Crippen LogP) is -0.382. The molecule has 1 amide bonds. The topological polar surface area (TPSA) is 82.1 Å². The van der Waals surface area contributed by atoms with E-state index in [0.29, 0.717) is 13.0 Å². The van der Waals surface area contributed by atoms with Crippen LogP contribution in [0.5, 0.6) is 0 Å². The highest BCUT2D eigenvalue weighted by molar-refractivity contribution is 5.76. The highest BCUT2D eigenvalue weighted by Gasteiger charge is 2.01. The fraction of sp³-hybridized carbons (Fsp3) is 0.364. The molecule has 1 heterocycles. The molecular formula is C11H13N2O3-. The van der Waals surface area contributed by atoms with E-state index in [1.165, 1.54) is 0 Å². The van der Waals surface area contributed by atoms with Crippen molar-refractivity contribution in [2.45, 2.75) is 25.8 Å². The van der Waals surface area contributed by atoms with Crippen LogP contribution in [0.1, 0.15) is 25.0 Å². The molecular weight excluding hydrogens is 208 g/mol. The molecule has 86 valence electrons. The number of nitrogens with zero attached hydrogens (tertiary/aromatic N) is 1. The van der Waals surface area contributed by atoms with E-state index in [4.69, 9.17) is 0 Å². The second-order valence-corrected chi connectivity index (χ2v) is 3.32. The fourth-order valence-corrected chi connectivity index (χ4v) is 1.17. The van der Waals surface area contributed by atoms with Gasteiger partial charge in [0.1, 0.15) is 0 Å². The molecule has 0 aliphatic rings. The third kappa shape index (κ3) is 5.09. The quantitative estimate of drug-likeness (QED) is 0.709. The van der Waals surface area contributed by atoms with Crippen molar-refractivity contribution in [2.75, 3.05) is 0 Å². The van der Waals surface area contributed by atoms with Gasteiger partial charge in [-0.25, -0.2) is 0 Å². The monoisotopic (exact) mass is 221 g/mol. The maximum Gasteiger partial charge on any atom is 0.220 e. The lowest BCUT2D eigenvalue weighted by molar-refractivity contribution is -0.305. The van der Waals surface area contributed by atoms with Crippen molar-refractivity contribution >= 4 is 11.9 Å². The number of pyridine rings is 1. The van der Waals surface area contributed by atoms with E-state index in [1.807, 2.05) is 6.07 Å². The van der Waals surface area contributed by atoms with Gasteiger partial charge in [0.15, 0.2) is 0 Å². The SMILES string of the molecule is O=C([O-])CCCC(=O)NCc1ccccn1. The van der Waals surface area contributed by atoms with Gasteiger partial charge in [-0.1, -0.05) is 6.07 Å². The first kappa shape index (κ1) is 12.2. The molecule has 0 saturated heterocycles. The number of carbonyl (C=O) groups excluding carboxylic acids is 2. The van der Waals surface area contributed by atoms with Crippen molar-refractivity contribution in [3.05, 3.63) is 30.1 Å². The highest BCUT2D eigenvalue weighted by atomic mass is 16.4. The zero-order valence-corrected chi connectivity index (χ0v) is 8.81. The molecule has 1 aromatic heterocycles. The predicted molar refractivity (Wildman–Crippen MR) is 54.9 cm³/mol. The Bertz CT molecular complexity index is 352. The van der Waals surface area contributed by atoms with Crippen molar-refractivity contribution in [3.63, 3.8) is 0 Å². The molecule has 5 nitrogen and oxygen atoms in total. The number of carbonyl (C=O) groups is 2. The van der Waals surface area contributed by atoms with Crippen LogP contribution in [-0.2, 0) is 16.1 Å². The molecule has 0 fully saturated rings. The fourth-order valence-electron chi connectivity index (χ4n) is 1.17. The summed E-state index contributed by atoms with van der Waals surface area (Å²) in [6, 6.07) is 5.44. The first-order valence-corrected chi connectivity index (χ1v) is 5.05. The number of hydrogen-bond donors (Lipinski definition) is 1. The summed E-state index contributed by atoms with van der Waals surface area (Å²) in [5.74, 6) is -1.30. The minimum atomic E-state index is -1.13. The number of hydrogen-bond acceptors (Lipinski definition) is 4. The molecule has 1 N–H and O–H groups in total. The van der Waals surface area contributed by atoms with Crippen LogP contribution in [-0.4, -0.2) is 16.9 Å². The summed E-state index contributed by atoms with van der Waals surface area (Å²) in [6.45, 7) is 0.366. The molecule has 5 heteroatoms. The third-order valence-corrected chi connectivity index (χ3v) is 1.98. The lowest BCUT2D eigenvalue weighted by Gasteiger charge is -2.04. The van der Waals surface area contributed by atoms with Crippen LogP contribution in [0, 0.1) is 0 Å². The zero-order valence-electron chi connectivity index (χ0n) is 8.81. The maximum absolute atomic E-state index is 11.2. The molecule has 0 aliphatic carbocycles. The van der Waals surface area contributed by atoms with Gasteiger partial charge in [-0.2, -0.15) is 0 Å². The summed E-state index contributed by atoms with van der Waals surface area (Å²) in [7, 11) is 0. The van der Waals surface area contributed by atoms with Crippen LogP contribution < -0.4 is 10.4 Å². The summed E-state index contributed by atoms with van der Waals surface area (Å²) in [6.07, 6.45) is 2.06. The lowest BCUT2D eigenvalue weighted by Crippen LogP contribution is -2.25. The second kappa shape index (κ2) is 6.55. The Labute approximate surface area is 93.5 Å². The first-order valence-electron chi connectivity index (χ1n) is 5.05. The van der Waals surface area contributed by atoms with Crippen LogP contribution in [0.25, 0.3) is 0 Å². The first-order chi connectivity index (χ1) is 7.68. The maximum atomic E-state index is 11.2. The van der Waals surface area contributed by atoms with Crippen molar-refractivity contribution in [1.29, 1.82) is 0 Å². The number of rotatable bonds is 6. The largest absolute Gasteiger partial charge is 0.550 e. The molecule has 0 aliphatic heterocycles. The molecule has 1 rings (SSSR count). The van der Waals surface area contributed by atoms with E-state index < -0.39 is 5.97 Å². The van der Waals surface area contributed by atoms with Crippen molar-refractivity contribution < 1.29 is 14.7 Å². The Morgan fingerprint density at radius 1 is 1.31 bits per heavy atom. The highest BCUT2D eigenvalue weighted by Crippen LogP contribution is 1.96. The van der Waals surface area contributed by atoms with Gasteiger partial charge in [0, 0.05) is 18.6 Å². The van der Waals surface area contributed by atoms with Crippen LogP contribution in [0.4, 0.5) is 0 Å². The Morgan fingerprint density at radius 2 is 2.12 bits per heavy atom. The van der Waals surface area contributed by atoms with Crippen LogP contribution in [0.3, 0.4) is 0 Å². The summed E-state index contributed by atoms with van der Waals surface area (Å²) in [4.78, 5) is 25.4. The van der Waals surface area contributed by atoms with Crippen molar-refractivity contribution in [3.8, 4) is 0 Å². The number of carboxylic acid groups (broad SMARTS) is 1. The summed E-state index contributed by atoms with van der Waals surface area (Å²) in [5.41, 5.74) is 0.774. The Morgan fingerprint density at radius 3 is 2.75 bits per heavy atom. The normalized spacial score (nSPS) is 9.75. The molecule has 0 radical (unpaired) electrons. The summed E-state index contributed by atoms with van der Waals surface area (Å²) < 4.78 is 0. The molecule has 1 aromatic rings. The van der Waals surface area contributed by atoms with Gasteiger partial charge < -0.3 is 15.2 Å². The number of carboxylic acids is 1. The summed E-state index contributed by atoms with van der Waals surface area (Å²) in [5, 5.41) is 12.8. The molecule has 16 heavy (non-hydrogen) atoms. The average molecular weight is 221 g/mol. The van der Waals surface area contributed by atoms with Crippen LogP contribution in [0.15, 0.2) is 24.4 Å². The van der Waals surface area contributed by atoms with Crippen molar-refractivity contribution in [1.82, 2.24) is 10.3 Å². The van der Waals surface area contributed by atoms with E-state index >= 15 is 0 Å². The Balaban J connectivity index is 2.18. The number of amides is 1. The minimum Gasteiger partial charge on any atom is -0.550 e. The Hall–Kier alpha value is -1.91. The molecule has 0 unspecified atom stereocenters. The minimum absolute atomic E-state index is 0.0863. The molecule has 0 aromatic carbocycles. The van der Waals surface area contributed by atoms with Gasteiger partial charge in [0.05, 0.1) is 12.2 Å². The van der Waals surface area contributed by atoms with Gasteiger partial charge in [0.25, 0.3) is 0 Å². The van der Waals surface area contributed by atoms with Gasteiger partial charge in [0.2, 0.25) is 5.91 Å². The average Bonchev–Trinajstić information content (AvgIpc) is 2.27. The molecule has 0 spiro atoms. The second-order valence-electron chi connectivity index (χ2n) is 3.32. The Kier molecular flexibility index (Phi) is 4.98. The van der Waals surface area contributed by atoms with Gasteiger partial charge in [-0.15, -0.1) is 0 Å². The number of nitrogens with one attached hydrogen (secondary N) is 1. The van der Waals surface area contributed by atoms with Gasteiger partial charge >= 0.3 is 0 Å². The zero-order chi connectivity index (χ0) is 11.8. The van der Waals surface area contributed by atoms with E-state index in [2.05, 4.69) is 10.3 Å². The summed E-state index contributed by atoms with van der Waals surface area (Å²) >= 11 is 0. The van der Waals surface area contributed by atoms with Gasteiger partial charge in [-0.3, -0.25) is 9.78 Å². The van der Waals surface area contributed by atoms with Crippen molar-refractivity contribution in [2.24, 2.45) is 0 Å². The van der Waals surface area contributed by atoms with Crippen LogP contribution in [0.2, 0.25) is 0 Å². The standard InChI is InChI=1S/C11H14N2O3/c14-10(5-3-6-11(15)16)13-8-9-4-1-2-7-12-9/h1-2,4,7H,3,5-6,8H2,(H,13,14)(H,15,16)/p-1. The van der Waals surface area contributed by atoms with E-state index in [-0.39, 0.29) is 18.7 Å². The third-order valence-electron chi connectivity index (χ3n) is 1.98. The van der Waals surface area contributed by atoms with Gasteiger partial charge in [-0.05, 0) is 25.0 Å². The lowest BCUT2D eigenvalue weighted by atomic mass is 10.2. The van der Waals surface area contributed by atoms with Crippen LogP contribution >= 0.6 is 0 Å². The molecule has 0 bridgehead atoms. The number of aromatic nitrogens is 1. The number of aliphatic carboxylic acids is 1.